The molecule has 37 heavy (non-hydrogen) atoms. The highest BCUT2D eigenvalue weighted by molar-refractivity contribution is 7.89. The van der Waals surface area contributed by atoms with Crippen LogP contribution < -0.4 is 0 Å². The van der Waals surface area contributed by atoms with Crippen molar-refractivity contribution in [3.05, 3.63) is 77.2 Å². The van der Waals surface area contributed by atoms with Gasteiger partial charge in [0.1, 0.15) is 5.82 Å². The molecule has 192 valence electrons. The van der Waals surface area contributed by atoms with Gasteiger partial charge in [-0.1, -0.05) is 26.0 Å². The van der Waals surface area contributed by atoms with Gasteiger partial charge in [0.05, 0.1) is 29.1 Å². The van der Waals surface area contributed by atoms with Crippen LogP contribution in [0.4, 0.5) is 4.39 Å². The second-order valence-corrected chi connectivity index (χ2v) is 12.5. The van der Waals surface area contributed by atoms with Crippen molar-refractivity contribution in [3.8, 4) is 22.6 Å². The molecular formula is C28H28FN3O4S. The van der Waals surface area contributed by atoms with E-state index in [0.717, 1.165) is 23.8 Å². The molecule has 0 radical (unpaired) electrons. The van der Waals surface area contributed by atoms with Gasteiger partial charge < -0.3 is 5.11 Å². The molecular weight excluding hydrogens is 493 g/mol. The number of hydrogen-bond acceptors (Lipinski definition) is 7. The van der Waals surface area contributed by atoms with Gasteiger partial charge in [0, 0.05) is 46.0 Å². The summed E-state index contributed by atoms with van der Waals surface area (Å²) in [4.78, 5) is 26.9. The van der Waals surface area contributed by atoms with Crippen LogP contribution in [0.15, 0.2) is 54.4 Å². The Morgan fingerprint density at radius 2 is 1.97 bits per heavy atom. The molecule has 2 aliphatic rings. The number of fused-ring (bicyclic) bond motifs is 3. The first-order valence-electron chi connectivity index (χ1n) is 12.2. The van der Waals surface area contributed by atoms with Crippen LogP contribution in [0.5, 0.6) is 0 Å². The molecule has 3 aromatic rings. The van der Waals surface area contributed by atoms with Gasteiger partial charge in [0.25, 0.3) is 0 Å². The smallest absolute Gasteiger partial charge is 0.165 e. The quantitative estimate of drug-likeness (QED) is 0.389. The Bertz CT molecular complexity index is 1550. The summed E-state index contributed by atoms with van der Waals surface area (Å²) in [6.07, 6.45) is 5.17. The van der Waals surface area contributed by atoms with Gasteiger partial charge in [-0.25, -0.2) is 22.8 Å². The number of allylic oxidation sites excluding steroid dienone is 1. The second-order valence-electron chi connectivity index (χ2n) is 10.4. The number of halogens is 1. The lowest BCUT2D eigenvalue weighted by atomic mass is 9.55. The van der Waals surface area contributed by atoms with Crippen LogP contribution >= 0.6 is 0 Å². The van der Waals surface area contributed by atoms with Crippen molar-refractivity contribution < 1.29 is 22.7 Å². The number of pyridine rings is 1. The molecule has 7 nitrogen and oxygen atoms in total. The van der Waals surface area contributed by atoms with E-state index in [9.17, 15) is 18.3 Å². The number of Topliss-reactive ketones (excluding diaryl/α,β-unsaturated/α-hetero) is 1. The van der Waals surface area contributed by atoms with E-state index in [1.807, 2.05) is 13.8 Å². The molecule has 2 heterocycles. The Morgan fingerprint density at radius 3 is 2.68 bits per heavy atom. The third-order valence-corrected chi connectivity index (χ3v) is 8.55. The number of carbonyl (C=O) groups excluding carboxylic acids is 1. The number of carbonyl (C=O) groups is 1. The second kappa shape index (κ2) is 9.13. The zero-order chi connectivity index (χ0) is 26.5. The minimum atomic E-state index is -3.31. The van der Waals surface area contributed by atoms with Crippen LogP contribution in [0.2, 0.25) is 0 Å². The molecule has 1 aromatic carbocycles. The van der Waals surface area contributed by atoms with Crippen molar-refractivity contribution in [1.82, 2.24) is 15.0 Å². The third-order valence-electron chi connectivity index (χ3n) is 7.73. The molecule has 2 aromatic heterocycles. The van der Waals surface area contributed by atoms with E-state index < -0.39 is 21.1 Å². The summed E-state index contributed by atoms with van der Waals surface area (Å²) in [5, 5.41) is 9.84. The molecule has 0 spiro atoms. The number of nitrogens with zero attached hydrogens (tertiary/aromatic N) is 3. The lowest BCUT2D eigenvalue weighted by Gasteiger charge is -2.48. The topological polar surface area (TPSA) is 110 Å². The Labute approximate surface area is 215 Å². The van der Waals surface area contributed by atoms with Crippen LogP contribution in [0.25, 0.3) is 22.6 Å². The van der Waals surface area contributed by atoms with Gasteiger partial charge in [-0.3, -0.25) is 9.78 Å². The number of aliphatic hydroxyl groups is 1. The van der Waals surface area contributed by atoms with Crippen molar-refractivity contribution in [3.63, 3.8) is 0 Å². The Kier molecular flexibility index (Phi) is 6.22. The molecule has 1 N–H and O–H groups in total. The van der Waals surface area contributed by atoms with Gasteiger partial charge in [0.2, 0.25) is 0 Å². The van der Waals surface area contributed by atoms with Crippen LogP contribution in [0.3, 0.4) is 0 Å². The monoisotopic (exact) mass is 521 g/mol. The van der Waals surface area contributed by atoms with Crippen molar-refractivity contribution in [2.45, 2.75) is 44.3 Å². The number of ketones is 1. The van der Waals surface area contributed by atoms with Gasteiger partial charge in [-0.2, -0.15) is 0 Å². The summed E-state index contributed by atoms with van der Waals surface area (Å²) in [5.74, 6) is -0.673. The highest BCUT2D eigenvalue weighted by atomic mass is 32.2. The molecule has 0 amide bonds. The fourth-order valence-electron chi connectivity index (χ4n) is 6.04. The maximum absolute atomic E-state index is 15.1. The standard InChI is InChI=1S/C28H28FN3O4S/c1-16-22-9-8-21-24(20-6-4-5-7-23(20)29)31-27(17-10-11-30-19(12-17)15-37(3,35)36)32-26(21)28(22,2)13-18(14-33)25(16)34/h4-7,10-12,14,16,22,33H,8-9,13,15H2,1-3H3/b18-14-/t16-,22-,28-/m1/s1. The third kappa shape index (κ3) is 4.45. The summed E-state index contributed by atoms with van der Waals surface area (Å²) in [5.41, 5.74) is 3.09. The highest BCUT2D eigenvalue weighted by Crippen LogP contribution is 2.53. The number of aromatic nitrogens is 3. The van der Waals surface area contributed by atoms with Crippen LogP contribution in [-0.4, -0.2) is 40.5 Å². The summed E-state index contributed by atoms with van der Waals surface area (Å²) in [7, 11) is -3.31. The zero-order valence-electron chi connectivity index (χ0n) is 20.9. The van der Waals surface area contributed by atoms with Gasteiger partial charge >= 0.3 is 0 Å². The minimum absolute atomic E-state index is 0.00865. The van der Waals surface area contributed by atoms with Gasteiger partial charge in [-0.15, -0.1) is 0 Å². The number of sulfone groups is 1. The lowest BCUT2D eigenvalue weighted by molar-refractivity contribution is -0.124. The van der Waals surface area contributed by atoms with E-state index in [4.69, 9.17) is 9.97 Å². The van der Waals surface area contributed by atoms with Crippen molar-refractivity contribution in [2.24, 2.45) is 11.8 Å². The zero-order valence-corrected chi connectivity index (χ0v) is 21.7. The molecule has 1 saturated carbocycles. The largest absolute Gasteiger partial charge is 0.515 e. The average Bonchev–Trinajstić information content (AvgIpc) is 2.85. The molecule has 1 fully saturated rings. The first-order valence-corrected chi connectivity index (χ1v) is 14.2. The maximum Gasteiger partial charge on any atom is 0.165 e. The van der Waals surface area contributed by atoms with E-state index in [1.165, 1.54) is 12.3 Å². The summed E-state index contributed by atoms with van der Waals surface area (Å²) >= 11 is 0. The molecule has 0 saturated heterocycles. The molecule has 5 rings (SSSR count). The SMILES string of the molecule is C[C@H]1C(=O)/C(=C\O)C[C@@]2(C)c3nc(-c4ccnc(CS(C)(=O)=O)c4)nc(-c4ccccc4F)c3CC[C@H]12. The summed E-state index contributed by atoms with van der Waals surface area (Å²) in [6.45, 7) is 3.94. The van der Waals surface area contributed by atoms with E-state index in [1.54, 1.807) is 30.3 Å². The molecule has 2 aliphatic carbocycles. The van der Waals surface area contributed by atoms with Crippen molar-refractivity contribution >= 4 is 15.6 Å². The average molecular weight is 522 g/mol. The van der Waals surface area contributed by atoms with Gasteiger partial charge in [-0.05, 0) is 49.4 Å². The molecule has 0 aliphatic heterocycles. The van der Waals surface area contributed by atoms with E-state index in [0.29, 0.717) is 53.2 Å². The minimum Gasteiger partial charge on any atom is -0.515 e. The van der Waals surface area contributed by atoms with Gasteiger partial charge in [0.15, 0.2) is 21.4 Å². The van der Waals surface area contributed by atoms with E-state index in [-0.39, 0.29) is 23.4 Å². The Balaban J connectivity index is 1.76. The molecule has 9 heteroatoms. The fraction of sp³-hybridized carbons (Fsp3) is 0.357. The molecule has 0 unspecified atom stereocenters. The lowest BCUT2D eigenvalue weighted by Crippen LogP contribution is -2.48. The summed E-state index contributed by atoms with van der Waals surface area (Å²) < 4.78 is 38.8. The maximum atomic E-state index is 15.1. The number of benzene rings is 1. The predicted octanol–water partition coefficient (Wildman–Crippen LogP) is 4.76. The molecule has 0 bridgehead atoms. The van der Waals surface area contributed by atoms with E-state index in [2.05, 4.69) is 4.98 Å². The van der Waals surface area contributed by atoms with Crippen molar-refractivity contribution in [2.75, 3.05) is 6.26 Å². The number of hydrogen-bond donors (Lipinski definition) is 1. The summed E-state index contributed by atoms with van der Waals surface area (Å²) in [6, 6.07) is 9.80. The Hall–Kier alpha value is -3.46. The first-order chi connectivity index (χ1) is 17.5. The van der Waals surface area contributed by atoms with Crippen LogP contribution in [0.1, 0.15) is 43.6 Å². The Morgan fingerprint density at radius 1 is 1.22 bits per heavy atom. The normalized spacial score (nSPS) is 24.5. The fourth-order valence-corrected chi connectivity index (χ4v) is 6.74. The van der Waals surface area contributed by atoms with Crippen LogP contribution in [-0.2, 0) is 32.2 Å². The number of aliphatic hydroxyl groups excluding tert-OH is 1. The van der Waals surface area contributed by atoms with Crippen molar-refractivity contribution in [1.29, 1.82) is 0 Å². The van der Waals surface area contributed by atoms with Crippen LogP contribution in [0, 0.1) is 17.7 Å². The highest BCUT2D eigenvalue weighted by Gasteiger charge is 2.51. The molecule has 3 atom stereocenters. The number of rotatable bonds is 4. The van der Waals surface area contributed by atoms with E-state index >= 15 is 4.39 Å². The predicted molar refractivity (Wildman–Crippen MR) is 138 cm³/mol. The first kappa shape index (κ1) is 25.2.